The summed E-state index contributed by atoms with van der Waals surface area (Å²) in [5, 5.41) is 0. The van der Waals surface area contributed by atoms with Crippen molar-refractivity contribution < 1.29 is 47.6 Å². The Bertz CT molecular complexity index is 2540. The first-order chi connectivity index (χ1) is 46.7. The molecule has 0 spiro atoms. The van der Waals surface area contributed by atoms with Gasteiger partial charge in [-0.15, -0.1) is 0 Å². The molecule has 98 heavy (non-hydrogen) atoms. The minimum atomic E-state index is -0.393. The summed E-state index contributed by atoms with van der Waals surface area (Å²) in [6.07, 6.45) is 46.5. The minimum Gasteiger partial charge on any atom is -0.487 e. The topological polar surface area (TPSA) is 124 Å². The van der Waals surface area contributed by atoms with E-state index in [9.17, 15) is 19.2 Å². The third-order valence-corrected chi connectivity index (χ3v) is 24.7. The summed E-state index contributed by atoms with van der Waals surface area (Å²) in [5.74, 6) is 9.35. The van der Waals surface area contributed by atoms with Gasteiger partial charge in [0.15, 0.2) is 0 Å². The number of esters is 4. The first-order valence-corrected chi connectivity index (χ1v) is 41.1. The largest absolute Gasteiger partial charge is 0.487 e. The number of unbranched alkanes of at least 4 members (excludes halogenated alkanes) is 3. The normalized spacial score (nSPS) is 22.1. The van der Waals surface area contributed by atoms with Crippen molar-refractivity contribution in [3.8, 4) is 23.0 Å². The van der Waals surface area contributed by atoms with Crippen molar-refractivity contribution in [2.45, 2.75) is 392 Å². The molecule has 2 aliphatic heterocycles. The smallest absolute Gasteiger partial charge is 0.311 e. The minimum absolute atomic E-state index is 0.00395. The Kier molecular flexibility index (Phi) is 35.9. The molecule has 4 aliphatic rings. The highest BCUT2D eigenvalue weighted by atomic mass is 16.6. The van der Waals surface area contributed by atoms with E-state index in [4.69, 9.17) is 28.4 Å². The molecule has 2 aromatic rings. The van der Waals surface area contributed by atoms with Crippen LogP contribution in [0.25, 0.3) is 0 Å². The Morgan fingerprint density at radius 2 is 0.663 bits per heavy atom. The molecule has 0 amide bonds. The van der Waals surface area contributed by atoms with Crippen LogP contribution in [0.1, 0.15) is 371 Å². The number of carbonyl (C=O) groups is 4. The molecule has 2 aliphatic carbocycles. The number of carbonyl (C=O) groups excluding carboxylic acids is 4. The fourth-order valence-corrected chi connectivity index (χ4v) is 17.2. The van der Waals surface area contributed by atoms with Crippen LogP contribution in [-0.4, -0.2) is 48.3 Å². The summed E-state index contributed by atoms with van der Waals surface area (Å²) in [6.45, 7) is 36.7. The zero-order valence-corrected chi connectivity index (χ0v) is 66.0. The van der Waals surface area contributed by atoms with Crippen LogP contribution in [0.5, 0.6) is 23.0 Å². The predicted octanol–water partition coefficient (Wildman–Crippen LogP) is 24.5. The van der Waals surface area contributed by atoms with Crippen LogP contribution in [0.3, 0.4) is 0 Å². The maximum Gasteiger partial charge on any atom is 0.311 e. The molecule has 0 aromatic heterocycles. The predicted molar refractivity (Wildman–Crippen MR) is 405 cm³/mol. The number of ether oxygens (including phenoxy) is 6. The summed E-state index contributed by atoms with van der Waals surface area (Å²) < 4.78 is 37.1. The van der Waals surface area contributed by atoms with E-state index in [-0.39, 0.29) is 48.8 Å². The van der Waals surface area contributed by atoms with Crippen LogP contribution in [0.4, 0.5) is 0 Å². The molecule has 6 unspecified atom stereocenters. The zero-order valence-electron chi connectivity index (χ0n) is 66.0. The Morgan fingerprint density at radius 1 is 0.367 bits per heavy atom. The van der Waals surface area contributed by atoms with E-state index in [1.807, 2.05) is 27.7 Å². The van der Waals surface area contributed by atoms with Gasteiger partial charge in [0.05, 0.1) is 38.9 Å². The number of benzene rings is 2. The maximum absolute atomic E-state index is 13.2. The molecule has 2 saturated carbocycles. The number of fused-ring (bicyclic) bond motifs is 2. The molecule has 558 valence electrons. The summed E-state index contributed by atoms with van der Waals surface area (Å²) in [6, 6.07) is 0. The second-order valence-corrected chi connectivity index (χ2v) is 34.6. The summed E-state index contributed by atoms with van der Waals surface area (Å²) >= 11 is 0. The van der Waals surface area contributed by atoms with Crippen LogP contribution in [-0.2, 0) is 41.5 Å². The van der Waals surface area contributed by atoms with Crippen molar-refractivity contribution in [2.75, 3.05) is 13.2 Å². The van der Waals surface area contributed by atoms with Crippen molar-refractivity contribution in [1.82, 2.24) is 0 Å². The van der Waals surface area contributed by atoms with Gasteiger partial charge < -0.3 is 28.4 Å². The molecular weight excluding hydrogens is 1220 g/mol. The van der Waals surface area contributed by atoms with Crippen molar-refractivity contribution in [3.05, 3.63) is 44.5 Å². The Hall–Kier alpha value is -4.08. The second kappa shape index (κ2) is 42.5. The molecule has 0 radical (unpaired) electrons. The molecule has 2 aromatic carbocycles. The molecule has 0 N–H and O–H groups in total. The van der Waals surface area contributed by atoms with E-state index in [0.29, 0.717) is 36.5 Å². The average Bonchev–Trinajstić information content (AvgIpc) is 0.767. The molecule has 2 heterocycles. The monoisotopic (exact) mass is 1360 g/mol. The zero-order chi connectivity index (χ0) is 71.4. The molecule has 2 fully saturated rings. The third kappa shape index (κ3) is 28.6. The third-order valence-electron chi connectivity index (χ3n) is 24.7. The lowest BCUT2D eigenvalue weighted by atomic mass is 9.78. The summed E-state index contributed by atoms with van der Waals surface area (Å²) in [4.78, 5) is 52.0. The van der Waals surface area contributed by atoms with Gasteiger partial charge in [-0.2, -0.15) is 0 Å². The van der Waals surface area contributed by atoms with Crippen LogP contribution >= 0.6 is 0 Å². The van der Waals surface area contributed by atoms with Gasteiger partial charge in [-0.25, -0.2) is 0 Å². The molecule has 6 rings (SSSR count). The Balaban J connectivity index is 0.740. The van der Waals surface area contributed by atoms with Gasteiger partial charge >= 0.3 is 23.9 Å². The summed E-state index contributed by atoms with van der Waals surface area (Å²) in [7, 11) is 0. The fraction of sp³-hybridized carbons (Fsp3) is 0.818. The van der Waals surface area contributed by atoms with E-state index in [1.54, 1.807) is 0 Å². The lowest BCUT2D eigenvalue weighted by Gasteiger charge is -2.38. The van der Waals surface area contributed by atoms with Gasteiger partial charge in [-0.05, 0) is 212 Å². The SMILES string of the molecule is Cc1c(C)c2c(c(C)c1OC(=O)CCC(=O)OCCC1CCC(CCCCCCC3CCC(CCOC(=O)CCC(=O)Oc4c(C)c(C)c5c(c4C)CCC(C)(CCCC(C)CCCC(C)CCCC(C)C)O5)CC3)CC1)CCC(C)(CCCC(C)CCCC(C)CCCC(C)C)O2. The lowest BCUT2D eigenvalue weighted by Crippen LogP contribution is -2.37. The molecular formula is C88H146O10. The highest BCUT2D eigenvalue weighted by molar-refractivity contribution is 5.81. The first kappa shape index (κ1) is 82.9. The van der Waals surface area contributed by atoms with Gasteiger partial charge in [0, 0.05) is 11.1 Å². The number of hydrogen-bond acceptors (Lipinski definition) is 10. The van der Waals surface area contributed by atoms with E-state index < -0.39 is 11.9 Å². The molecule has 10 heteroatoms. The van der Waals surface area contributed by atoms with Gasteiger partial charge in [0.25, 0.3) is 0 Å². The van der Waals surface area contributed by atoms with Crippen molar-refractivity contribution in [1.29, 1.82) is 0 Å². The van der Waals surface area contributed by atoms with Crippen molar-refractivity contribution >= 4 is 23.9 Å². The van der Waals surface area contributed by atoms with Crippen molar-refractivity contribution in [3.63, 3.8) is 0 Å². The van der Waals surface area contributed by atoms with E-state index in [0.717, 1.165) is 155 Å². The highest BCUT2D eigenvalue weighted by Gasteiger charge is 2.37. The average molecular weight is 1360 g/mol. The quantitative estimate of drug-likeness (QED) is 0.0360. The van der Waals surface area contributed by atoms with E-state index >= 15 is 0 Å². The van der Waals surface area contributed by atoms with Gasteiger partial charge in [0.1, 0.15) is 34.2 Å². The van der Waals surface area contributed by atoms with Crippen LogP contribution in [0.15, 0.2) is 0 Å². The second-order valence-electron chi connectivity index (χ2n) is 34.6. The lowest BCUT2D eigenvalue weighted by molar-refractivity contribution is -0.147. The first-order valence-electron chi connectivity index (χ1n) is 41.1. The van der Waals surface area contributed by atoms with Crippen molar-refractivity contribution in [2.24, 2.45) is 59.2 Å². The van der Waals surface area contributed by atoms with Crippen LogP contribution in [0.2, 0.25) is 0 Å². The standard InChI is InChI=1S/C88H146O10/c1-61(2)27-21-29-63(5)31-23-33-65(7)35-25-55-87(15)57-51-77-71(13)83(67(9)69(11)85(77)97-87)95-81(91)49-47-79(89)93-59-53-75-43-39-73(40-44-75)37-19-17-18-20-38-74-41-45-76(46-42-74)54-60-94-80(90)48-50-82(92)96-84-68(10)70(12)86-78(72(84)14)52-58-88(16,98-86)56-26-36-66(8)34-24-32-64(6)30-22-28-62(3)4/h61-66,73-76H,17-60H2,1-16H3. The van der Waals surface area contributed by atoms with Gasteiger partial charge in [-0.3, -0.25) is 19.2 Å². The van der Waals surface area contributed by atoms with Gasteiger partial charge in [-0.1, -0.05) is 235 Å². The highest BCUT2D eigenvalue weighted by Crippen LogP contribution is 2.48. The number of hydrogen-bond donors (Lipinski definition) is 0. The molecule has 0 saturated heterocycles. The Morgan fingerprint density at radius 3 is 0.990 bits per heavy atom. The maximum atomic E-state index is 13.2. The van der Waals surface area contributed by atoms with E-state index in [1.165, 1.54) is 193 Å². The van der Waals surface area contributed by atoms with E-state index in [2.05, 4.69) is 83.1 Å². The molecule has 6 atom stereocenters. The fourth-order valence-electron chi connectivity index (χ4n) is 17.2. The molecule has 10 nitrogen and oxygen atoms in total. The summed E-state index contributed by atoms with van der Waals surface area (Å²) in [5.41, 5.74) is 7.78. The van der Waals surface area contributed by atoms with Crippen LogP contribution in [0, 0.1) is 101 Å². The van der Waals surface area contributed by atoms with Gasteiger partial charge in [0.2, 0.25) is 0 Å². The van der Waals surface area contributed by atoms with Crippen LogP contribution < -0.4 is 18.9 Å². The molecule has 0 bridgehead atoms. The number of rotatable bonds is 45. The Labute approximate surface area is 600 Å².